The fourth-order valence-electron chi connectivity index (χ4n) is 2.84. The van der Waals surface area contributed by atoms with Gasteiger partial charge in [0.2, 0.25) is 0 Å². The minimum atomic E-state index is -4.76. The summed E-state index contributed by atoms with van der Waals surface area (Å²) in [5, 5.41) is 9.47. The van der Waals surface area contributed by atoms with Gasteiger partial charge in [0.15, 0.2) is 11.7 Å². The third-order valence-corrected chi connectivity index (χ3v) is 4.11. The molecular weight excluding hydrogens is 333 g/mol. The smallest absolute Gasteiger partial charge is 0.416 e. The standard InChI is InChI=1S/C14H13F3N2O3S/c15-14(16,17)11(20)9-2-1-5-19(9)12(21)7-3-4-8-10(6-7)22-13(23)18-8/h3-4,6,9,11,20H,1-2,5H2,(H,18,23). The summed E-state index contributed by atoms with van der Waals surface area (Å²) in [7, 11) is 0. The maximum atomic E-state index is 12.7. The second-order valence-electron chi connectivity index (χ2n) is 5.42. The van der Waals surface area contributed by atoms with Crippen molar-refractivity contribution in [1.29, 1.82) is 0 Å². The van der Waals surface area contributed by atoms with Crippen molar-refractivity contribution in [3.8, 4) is 0 Å². The molecule has 0 aliphatic carbocycles. The van der Waals surface area contributed by atoms with Crippen molar-refractivity contribution in [2.45, 2.75) is 31.2 Å². The number of hydrogen-bond donors (Lipinski definition) is 2. The number of aliphatic hydroxyl groups is 1. The predicted octanol–water partition coefficient (Wildman–Crippen LogP) is 3.02. The molecule has 0 bridgehead atoms. The number of hydrogen-bond acceptors (Lipinski definition) is 4. The van der Waals surface area contributed by atoms with Gasteiger partial charge in [-0.05, 0) is 43.3 Å². The lowest BCUT2D eigenvalue weighted by atomic mass is 10.1. The Labute approximate surface area is 133 Å². The van der Waals surface area contributed by atoms with Gasteiger partial charge < -0.3 is 19.4 Å². The van der Waals surface area contributed by atoms with Crippen molar-refractivity contribution in [3.63, 3.8) is 0 Å². The quantitative estimate of drug-likeness (QED) is 0.820. The van der Waals surface area contributed by atoms with Gasteiger partial charge in [0.05, 0.1) is 11.6 Å². The molecule has 2 aromatic rings. The molecule has 5 nitrogen and oxygen atoms in total. The van der Waals surface area contributed by atoms with Gasteiger partial charge in [0.1, 0.15) is 0 Å². The number of aromatic nitrogens is 1. The van der Waals surface area contributed by atoms with Gasteiger partial charge in [-0.3, -0.25) is 4.79 Å². The van der Waals surface area contributed by atoms with E-state index < -0.39 is 24.2 Å². The number of carbonyl (C=O) groups excluding carboxylic acids is 1. The third kappa shape index (κ3) is 2.98. The van der Waals surface area contributed by atoms with Crippen LogP contribution >= 0.6 is 12.2 Å². The number of amides is 1. The van der Waals surface area contributed by atoms with Crippen molar-refractivity contribution in [3.05, 3.63) is 28.6 Å². The fraction of sp³-hybridized carbons (Fsp3) is 0.429. The molecule has 1 amide bonds. The Kier molecular flexibility index (Phi) is 3.93. The van der Waals surface area contributed by atoms with Crippen molar-refractivity contribution in [1.82, 2.24) is 9.88 Å². The second kappa shape index (κ2) is 5.64. The van der Waals surface area contributed by atoms with Gasteiger partial charge in [-0.1, -0.05) is 0 Å². The first-order chi connectivity index (χ1) is 10.8. The van der Waals surface area contributed by atoms with E-state index in [2.05, 4.69) is 4.98 Å². The van der Waals surface area contributed by atoms with E-state index >= 15 is 0 Å². The van der Waals surface area contributed by atoms with Gasteiger partial charge in [-0.2, -0.15) is 13.2 Å². The molecule has 2 N–H and O–H groups in total. The maximum absolute atomic E-state index is 12.7. The molecule has 2 unspecified atom stereocenters. The highest BCUT2D eigenvalue weighted by Crippen LogP contribution is 2.31. The van der Waals surface area contributed by atoms with Crippen molar-refractivity contribution >= 4 is 29.2 Å². The molecule has 9 heteroatoms. The monoisotopic (exact) mass is 346 g/mol. The Bertz CT molecular complexity index is 798. The molecule has 124 valence electrons. The molecule has 0 radical (unpaired) electrons. The van der Waals surface area contributed by atoms with E-state index in [0.717, 1.165) is 4.90 Å². The summed E-state index contributed by atoms with van der Waals surface area (Å²) in [5.74, 6) is -0.569. The highest BCUT2D eigenvalue weighted by Gasteiger charge is 2.48. The molecule has 1 aliphatic heterocycles. The summed E-state index contributed by atoms with van der Waals surface area (Å²) in [5.41, 5.74) is 1.14. The molecular formula is C14H13F3N2O3S. The minimum Gasteiger partial charge on any atom is -0.429 e. The number of alkyl halides is 3. The Morgan fingerprint density at radius 2 is 2.22 bits per heavy atom. The molecule has 1 fully saturated rings. The SMILES string of the molecule is O=C(c1ccc2[nH]c(=S)oc2c1)N1CCCC1C(O)C(F)(F)F. The van der Waals surface area contributed by atoms with Crippen LogP contribution in [0.4, 0.5) is 13.2 Å². The first-order valence-corrected chi connectivity index (χ1v) is 7.37. The normalized spacial score (nSPS) is 20.2. The van der Waals surface area contributed by atoms with Crippen LogP contribution in [0.3, 0.4) is 0 Å². The average Bonchev–Trinajstić information content (AvgIpc) is 3.08. The highest BCUT2D eigenvalue weighted by molar-refractivity contribution is 7.71. The topological polar surface area (TPSA) is 69.5 Å². The van der Waals surface area contributed by atoms with E-state index in [0.29, 0.717) is 17.5 Å². The Balaban J connectivity index is 1.89. The number of likely N-dealkylation sites (tertiary alicyclic amines) is 1. The van der Waals surface area contributed by atoms with Crippen LogP contribution in [0.1, 0.15) is 23.2 Å². The molecule has 23 heavy (non-hydrogen) atoms. The molecule has 1 aromatic carbocycles. The molecule has 1 aromatic heterocycles. The van der Waals surface area contributed by atoms with Gasteiger partial charge in [-0.15, -0.1) is 0 Å². The van der Waals surface area contributed by atoms with E-state index in [1.165, 1.54) is 12.1 Å². The van der Waals surface area contributed by atoms with E-state index in [9.17, 15) is 23.1 Å². The van der Waals surface area contributed by atoms with Crippen LogP contribution in [0.25, 0.3) is 11.1 Å². The number of benzene rings is 1. The number of rotatable bonds is 2. The number of aliphatic hydroxyl groups excluding tert-OH is 1. The van der Waals surface area contributed by atoms with Crippen molar-refractivity contribution in [2.75, 3.05) is 6.54 Å². The first kappa shape index (κ1) is 16.0. The summed E-state index contributed by atoms with van der Waals surface area (Å²) in [6.45, 7) is 0.172. The lowest BCUT2D eigenvalue weighted by Crippen LogP contribution is -2.49. The Hall–Kier alpha value is -1.87. The summed E-state index contributed by atoms with van der Waals surface area (Å²) < 4.78 is 43.4. The largest absolute Gasteiger partial charge is 0.429 e. The Morgan fingerprint density at radius 1 is 1.48 bits per heavy atom. The molecule has 2 heterocycles. The molecule has 1 aliphatic rings. The predicted molar refractivity (Wildman–Crippen MR) is 77.5 cm³/mol. The molecule has 2 atom stereocenters. The van der Waals surface area contributed by atoms with Crippen LogP contribution in [-0.2, 0) is 0 Å². The zero-order valence-corrected chi connectivity index (χ0v) is 12.6. The zero-order chi connectivity index (χ0) is 16.8. The lowest BCUT2D eigenvalue weighted by Gasteiger charge is -2.29. The van der Waals surface area contributed by atoms with Crippen LogP contribution in [0.15, 0.2) is 22.6 Å². The summed E-state index contributed by atoms with van der Waals surface area (Å²) in [6.07, 6.45) is -6.78. The number of fused-ring (bicyclic) bond motifs is 1. The van der Waals surface area contributed by atoms with Crippen molar-refractivity contribution < 1.29 is 27.5 Å². The van der Waals surface area contributed by atoms with Crippen LogP contribution in [0.5, 0.6) is 0 Å². The maximum Gasteiger partial charge on any atom is 0.416 e. The van der Waals surface area contributed by atoms with E-state index in [-0.39, 0.29) is 23.4 Å². The summed E-state index contributed by atoms with van der Waals surface area (Å²) >= 11 is 4.85. The number of nitrogens with one attached hydrogen (secondary N) is 1. The van der Waals surface area contributed by atoms with Gasteiger partial charge >= 0.3 is 6.18 Å². The number of oxazole rings is 1. The number of nitrogens with zero attached hydrogens (tertiary/aromatic N) is 1. The summed E-state index contributed by atoms with van der Waals surface area (Å²) in [4.78, 5) is 16.5. The zero-order valence-electron chi connectivity index (χ0n) is 11.8. The lowest BCUT2D eigenvalue weighted by molar-refractivity contribution is -0.216. The molecule has 0 saturated carbocycles. The Morgan fingerprint density at radius 3 is 2.91 bits per heavy atom. The van der Waals surface area contributed by atoms with Crippen LogP contribution < -0.4 is 0 Å². The third-order valence-electron chi connectivity index (χ3n) is 3.93. The van der Waals surface area contributed by atoms with Crippen LogP contribution in [-0.4, -0.2) is 45.8 Å². The number of H-pyrrole nitrogens is 1. The minimum absolute atomic E-state index is 0.111. The van der Waals surface area contributed by atoms with Gasteiger partial charge in [-0.25, -0.2) is 0 Å². The summed E-state index contributed by atoms with van der Waals surface area (Å²) in [6, 6.07) is 3.23. The van der Waals surface area contributed by atoms with Crippen LogP contribution in [0, 0.1) is 4.84 Å². The highest BCUT2D eigenvalue weighted by atomic mass is 32.1. The van der Waals surface area contributed by atoms with Gasteiger partial charge in [0, 0.05) is 12.1 Å². The number of aromatic amines is 1. The van der Waals surface area contributed by atoms with E-state index in [1.807, 2.05) is 0 Å². The fourth-order valence-corrected chi connectivity index (χ4v) is 3.04. The first-order valence-electron chi connectivity index (χ1n) is 6.96. The average molecular weight is 346 g/mol. The van der Waals surface area contributed by atoms with Crippen LogP contribution in [0.2, 0.25) is 0 Å². The number of halogens is 3. The van der Waals surface area contributed by atoms with E-state index in [4.69, 9.17) is 16.6 Å². The van der Waals surface area contributed by atoms with E-state index in [1.54, 1.807) is 6.07 Å². The molecule has 3 rings (SSSR count). The van der Waals surface area contributed by atoms with Gasteiger partial charge in [0.25, 0.3) is 10.7 Å². The van der Waals surface area contributed by atoms with Crippen molar-refractivity contribution in [2.24, 2.45) is 0 Å². The number of carbonyl (C=O) groups is 1. The molecule has 0 spiro atoms. The second-order valence-corrected chi connectivity index (χ2v) is 5.79. The molecule has 1 saturated heterocycles.